The number of pyridine rings is 2. The van der Waals surface area contributed by atoms with Crippen LogP contribution < -0.4 is 9.88 Å². The molecule has 0 aliphatic carbocycles. The fourth-order valence-electron chi connectivity index (χ4n) is 4.98. The van der Waals surface area contributed by atoms with Crippen LogP contribution in [0.3, 0.4) is 0 Å². The van der Waals surface area contributed by atoms with Crippen LogP contribution in [0.4, 0.5) is 8.78 Å². The first-order valence-electron chi connectivity index (χ1n) is 12.2. The average molecular weight is 585 g/mol. The maximum atomic E-state index is 15.3. The smallest absolute Gasteiger partial charge is 0.293 e. The summed E-state index contributed by atoms with van der Waals surface area (Å²) in [5.74, 6) is -5.69. The third-order valence-electron chi connectivity index (χ3n) is 6.89. The number of primary sulfonamides is 1. The fraction of sp³-hybridized carbons (Fsp3) is 0.500. The van der Waals surface area contributed by atoms with Gasteiger partial charge in [-0.2, -0.15) is 13.9 Å². The molecule has 0 radical (unpaired) electrons. The van der Waals surface area contributed by atoms with Crippen molar-refractivity contribution in [2.75, 3.05) is 13.7 Å². The Hall–Kier alpha value is -2.78. The van der Waals surface area contributed by atoms with Crippen LogP contribution in [0.15, 0.2) is 35.6 Å². The molecule has 0 bridgehead atoms. The topological polar surface area (TPSA) is 144 Å². The summed E-state index contributed by atoms with van der Waals surface area (Å²) in [6.07, 6.45) is 4.04. The molecule has 2 N–H and O–H groups in total. The van der Waals surface area contributed by atoms with E-state index in [0.29, 0.717) is 24.2 Å². The molecular weight excluding hydrogens is 558 g/mol. The van der Waals surface area contributed by atoms with Crippen molar-refractivity contribution in [3.63, 3.8) is 0 Å². The van der Waals surface area contributed by atoms with Gasteiger partial charge in [-0.1, -0.05) is 17.7 Å². The first-order chi connectivity index (χ1) is 18.5. The standard InChI is InChI=1S/C24H27ClF2N6O5S/c1-14-17-10-16(11-30-21(17)33(32-14)18-7-3-4-9-37-18)38-12-15-6-5-8-29-19(15)20-23(26,27)13-31-22(36-2)24(20,25)39(28,34)35/h5-6,8,10-11,13,18,20,22H,3-4,7,9,12H2,1-2H3,(H2,28,34,35). The van der Waals surface area contributed by atoms with Crippen molar-refractivity contribution >= 4 is 38.9 Å². The van der Waals surface area contributed by atoms with Crippen LogP contribution >= 0.6 is 11.6 Å². The molecule has 0 aromatic carbocycles. The largest absolute Gasteiger partial charge is 0.487 e. The summed E-state index contributed by atoms with van der Waals surface area (Å²) in [5, 5.41) is 10.7. The number of alkyl halides is 3. The average Bonchev–Trinajstić information content (AvgIpc) is 3.23. The number of rotatable bonds is 7. The van der Waals surface area contributed by atoms with E-state index in [-0.39, 0.29) is 24.1 Å². The number of hydrogen-bond donors (Lipinski definition) is 1. The Labute approximate surface area is 228 Å². The molecule has 0 saturated carbocycles. The maximum Gasteiger partial charge on any atom is 0.293 e. The van der Waals surface area contributed by atoms with Crippen molar-refractivity contribution in [2.45, 2.75) is 61.3 Å². The third-order valence-corrected chi connectivity index (χ3v) is 9.24. The quantitative estimate of drug-likeness (QED) is 0.416. The highest BCUT2D eigenvalue weighted by Crippen LogP contribution is 2.52. The van der Waals surface area contributed by atoms with E-state index in [9.17, 15) is 8.42 Å². The molecule has 3 aromatic rings. The van der Waals surface area contributed by atoms with Gasteiger partial charge in [0.05, 0.1) is 23.8 Å². The zero-order valence-corrected chi connectivity index (χ0v) is 22.7. The SMILES string of the molecule is COC1N=CC(F)(F)C(c2ncccc2COc2cnc3c(c2)c(C)nn3C2CCCCO2)C1(Cl)S(N)(=O)=O. The second-order valence-corrected chi connectivity index (χ2v) is 12.1. The van der Waals surface area contributed by atoms with E-state index in [1.165, 1.54) is 24.5 Å². The van der Waals surface area contributed by atoms with Crippen molar-refractivity contribution < 1.29 is 31.4 Å². The molecule has 1 fully saturated rings. The first kappa shape index (κ1) is 27.8. The van der Waals surface area contributed by atoms with E-state index >= 15 is 8.78 Å². The number of hydrogen-bond acceptors (Lipinski definition) is 9. The van der Waals surface area contributed by atoms with Gasteiger partial charge in [0.2, 0.25) is 14.2 Å². The van der Waals surface area contributed by atoms with Crippen molar-refractivity contribution in [3.8, 4) is 5.75 Å². The summed E-state index contributed by atoms with van der Waals surface area (Å²) in [4.78, 5) is 12.1. The summed E-state index contributed by atoms with van der Waals surface area (Å²) < 4.78 is 71.5. The molecular formula is C24H27ClF2N6O5S. The molecule has 15 heteroatoms. The lowest BCUT2D eigenvalue weighted by Crippen LogP contribution is -2.60. The van der Waals surface area contributed by atoms with Gasteiger partial charge in [-0.15, -0.1) is 0 Å². The number of fused-ring (bicyclic) bond motifs is 1. The van der Waals surface area contributed by atoms with Gasteiger partial charge < -0.3 is 14.2 Å². The predicted molar refractivity (Wildman–Crippen MR) is 138 cm³/mol. The lowest BCUT2D eigenvalue weighted by molar-refractivity contribution is -0.0371. The van der Waals surface area contributed by atoms with Gasteiger partial charge in [-0.3, -0.25) is 9.98 Å². The number of sulfonamides is 1. The third kappa shape index (κ3) is 4.88. The fourth-order valence-corrected chi connectivity index (χ4v) is 6.41. The predicted octanol–water partition coefficient (Wildman–Crippen LogP) is 3.41. The lowest BCUT2D eigenvalue weighted by atomic mass is 9.87. The molecule has 4 unspecified atom stereocenters. The Balaban J connectivity index is 1.47. The minimum atomic E-state index is -4.84. The summed E-state index contributed by atoms with van der Waals surface area (Å²) in [6.45, 7) is 2.26. The van der Waals surface area contributed by atoms with Gasteiger partial charge in [-0.25, -0.2) is 23.2 Å². The Morgan fingerprint density at radius 3 is 2.79 bits per heavy atom. The second kappa shape index (κ2) is 10.3. The van der Waals surface area contributed by atoms with Crippen LogP contribution in [0, 0.1) is 6.92 Å². The number of nitrogens with zero attached hydrogens (tertiary/aromatic N) is 5. The maximum absolute atomic E-state index is 15.3. The zero-order chi connectivity index (χ0) is 28.0. The molecule has 210 valence electrons. The molecule has 4 atom stereocenters. The minimum absolute atomic E-state index is 0.170. The molecule has 39 heavy (non-hydrogen) atoms. The van der Waals surface area contributed by atoms with Gasteiger partial charge in [0.1, 0.15) is 18.3 Å². The number of aliphatic imine (C=N–C) groups is 1. The number of methoxy groups -OCH3 is 1. The van der Waals surface area contributed by atoms with Crippen LogP contribution in [0.1, 0.15) is 48.4 Å². The molecule has 1 saturated heterocycles. The van der Waals surface area contributed by atoms with Gasteiger partial charge in [0.15, 0.2) is 18.1 Å². The molecule has 5 heterocycles. The molecule has 5 rings (SSSR count). The molecule has 11 nitrogen and oxygen atoms in total. The van der Waals surface area contributed by atoms with Gasteiger partial charge in [0, 0.05) is 30.9 Å². The van der Waals surface area contributed by atoms with Gasteiger partial charge in [-0.05, 0) is 38.3 Å². The number of aromatic nitrogens is 4. The minimum Gasteiger partial charge on any atom is -0.487 e. The van der Waals surface area contributed by atoms with E-state index in [4.69, 9.17) is 31.0 Å². The van der Waals surface area contributed by atoms with Crippen LogP contribution in [0.5, 0.6) is 5.75 Å². The van der Waals surface area contributed by atoms with E-state index in [1.54, 1.807) is 10.7 Å². The lowest BCUT2D eigenvalue weighted by Gasteiger charge is -2.42. The van der Waals surface area contributed by atoms with Crippen LogP contribution in [-0.4, -0.2) is 64.5 Å². The molecule has 3 aromatic heterocycles. The van der Waals surface area contributed by atoms with Crippen LogP contribution in [0.25, 0.3) is 11.0 Å². The van der Waals surface area contributed by atoms with Crippen LogP contribution in [-0.2, 0) is 26.1 Å². The summed E-state index contributed by atoms with van der Waals surface area (Å²) >= 11 is 6.40. The summed E-state index contributed by atoms with van der Waals surface area (Å²) in [5.41, 5.74) is 1.22. The Bertz CT molecular complexity index is 1510. The van der Waals surface area contributed by atoms with Crippen molar-refractivity contribution in [2.24, 2.45) is 10.1 Å². The zero-order valence-electron chi connectivity index (χ0n) is 21.1. The number of halogens is 3. The number of aryl methyl sites for hydroxylation is 1. The monoisotopic (exact) mass is 584 g/mol. The Kier molecular flexibility index (Phi) is 7.35. The number of ether oxygens (including phenoxy) is 3. The Morgan fingerprint density at radius 2 is 2.10 bits per heavy atom. The van der Waals surface area contributed by atoms with E-state index in [2.05, 4.69) is 20.1 Å². The second-order valence-electron chi connectivity index (χ2n) is 9.45. The van der Waals surface area contributed by atoms with Crippen molar-refractivity contribution in [1.82, 2.24) is 19.7 Å². The number of nitrogens with two attached hydrogens (primary N) is 1. The first-order valence-corrected chi connectivity index (χ1v) is 14.1. The summed E-state index contributed by atoms with van der Waals surface area (Å²) in [7, 11) is -3.74. The highest BCUT2D eigenvalue weighted by Gasteiger charge is 2.66. The Morgan fingerprint density at radius 1 is 1.31 bits per heavy atom. The molecule has 0 amide bonds. The molecule has 2 aliphatic heterocycles. The summed E-state index contributed by atoms with van der Waals surface area (Å²) in [6, 6.07) is 4.75. The van der Waals surface area contributed by atoms with Gasteiger partial charge in [0.25, 0.3) is 5.92 Å². The van der Waals surface area contributed by atoms with E-state index < -0.39 is 32.3 Å². The van der Waals surface area contributed by atoms with Crippen LogP contribution in [0.2, 0.25) is 0 Å². The highest BCUT2D eigenvalue weighted by atomic mass is 35.5. The highest BCUT2D eigenvalue weighted by molar-refractivity contribution is 7.92. The van der Waals surface area contributed by atoms with E-state index in [0.717, 1.165) is 37.5 Å². The molecule has 0 spiro atoms. The van der Waals surface area contributed by atoms with Crippen molar-refractivity contribution in [1.29, 1.82) is 0 Å². The normalized spacial score (nSPS) is 27.1. The van der Waals surface area contributed by atoms with E-state index in [1.807, 2.05) is 6.92 Å². The molecule has 2 aliphatic rings. The van der Waals surface area contributed by atoms with Crippen molar-refractivity contribution in [3.05, 3.63) is 47.5 Å². The van der Waals surface area contributed by atoms with Gasteiger partial charge >= 0.3 is 0 Å².